The van der Waals surface area contributed by atoms with Crippen molar-refractivity contribution in [2.45, 2.75) is 12.5 Å². The highest BCUT2D eigenvalue weighted by Gasteiger charge is 2.27. The van der Waals surface area contributed by atoms with Crippen molar-refractivity contribution >= 4 is 21.4 Å². The summed E-state index contributed by atoms with van der Waals surface area (Å²) in [6.07, 6.45) is 0. The zero-order chi connectivity index (χ0) is 13.5. The SMILES string of the molecule is CC(O)(c1ccc(F)cc1)c1cc2ccccc2s1. The zero-order valence-electron chi connectivity index (χ0n) is 10.4. The lowest BCUT2D eigenvalue weighted by Crippen LogP contribution is -2.21. The van der Waals surface area contributed by atoms with E-state index in [2.05, 4.69) is 0 Å². The fourth-order valence-corrected chi connectivity index (χ4v) is 3.27. The minimum Gasteiger partial charge on any atom is -0.380 e. The van der Waals surface area contributed by atoms with Crippen LogP contribution in [0.25, 0.3) is 10.1 Å². The lowest BCUT2D eigenvalue weighted by Gasteiger charge is -2.22. The standard InChI is InChI=1S/C16H13FOS/c1-16(18,12-6-8-13(17)9-7-12)15-10-11-4-2-3-5-14(11)19-15/h2-10,18H,1H3. The molecule has 0 radical (unpaired) electrons. The fourth-order valence-electron chi connectivity index (χ4n) is 2.14. The van der Waals surface area contributed by atoms with E-state index >= 15 is 0 Å². The quantitative estimate of drug-likeness (QED) is 0.737. The molecule has 3 rings (SSSR count). The normalized spacial score (nSPS) is 14.5. The molecule has 0 bridgehead atoms. The van der Waals surface area contributed by atoms with Gasteiger partial charge < -0.3 is 5.11 Å². The number of aliphatic hydroxyl groups is 1. The molecular weight excluding hydrogens is 259 g/mol. The molecular formula is C16H13FOS. The number of fused-ring (bicyclic) bond motifs is 1. The van der Waals surface area contributed by atoms with E-state index in [9.17, 15) is 9.50 Å². The van der Waals surface area contributed by atoms with Gasteiger partial charge in [0.25, 0.3) is 0 Å². The largest absolute Gasteiger partial charge is 0.380 e. The van der Waals surface area contributed by atoms with Crippen molar-refractivity contribution in [3.8, 4) is 0 Å². The van der Waals surface area contributed by atoms with Crippen LogP contribution in [0.2, 0.25) is 0 Å². The molecule has 19 heavy (non-hydrogen) atoms. The Morgan fingerprint density at radius 2 is 1.74 bits per heavy atom. The van der Waals surface area contributed by atoms with Gasteiger partial charge >= 0.3 is 0 Å². The second kappa shape index (κ2) is 4.44. The maximum atomic E-state index is 13.0. The summed E-state index contributed by atoms with van der Waals surface area (Å²) < 4.78 is 14.1. The van der Waals surface area contributed by atoms with Crippen LogP contribution < -0.4 is 0 Å². The molecule has 2 aromatic carbocycles. The van der Waals surface area contributed by atoms with Gasteiger partial charge in [-0.2, -0.15) is 0 Å². The topological polar surface area (TPSA) is 20.2 Å². The molecule has 1 aromatic heterocycles. The highest BCUT2D eigenvalue weighted by Crippen LogP contribution is 2.37. The van der Waals surface area contributed by atoms with Gasteiger partial charge in [-0.15, -0.1) is 11.3 Å². The van der Waals surface area contributed by atoms with Gasteiger partial charge in [-0.25, -0.2) is 4.39 Å². The fraction of sp³-hybridized carbons (Fsp3) is 0.125. The predicted molar refractivity (Wildman–Crippen MR) is 76.9 cm³/mol. The molecule has 0 fully saturated rings. The Balaban J connectivity index is 2.10. The average Bonchev–Trinajstić information content (AvgIpc) is 2.83. The van der Waals surface area contributed by atoms with Crippen molar-refractivity contribution in [3.63, 3.8) is 0 Å². The third kappa shape index (κ3) is 2.15. The summed E-state index contributed by atoms with van der Waals surface area (Å²) in [5.41, 5.74) is -0.405. The van der Waals surface area contributed by atoms with Gasteiger partial charge in [0.2, 0.25) is 0 Å². The van der Waals surface area contributed by atoms with Crippen LogP contribution in [0, 0.1) is 5.82 Å². The van der Waals surface area contributed by atoms with Gasteiger partial charge in [0.1, 0.15) is 11.4 Å². The third-order valence-electron chi connectivity index (χ3n) is 3.31. The summed E-state index contributed by atoms with van der Waals surface area (Å²) in [6.45, 7) is 1.74. The van der Waals surface area contributed by atoms with Gasteiger partial charge in [0.15, 0.2) is 0 Å². The van der Waals surface area contributed by atoms with Crippen LogP contribution in [0.4, 0.5) is 4.39 Å². The summed E-state index contributed by atoms with van der Waals surface area (Å²) in [7, 11) is 0. The molecule has 3 heteroatoms. The van der Waals surface area contributed by atoms with Crippen LogP contribution in [-0.2, 0) is 5.60 Å². The molecule has 1 atom stereocenters. The van der Waals surface area contributed by atoms with Gasteiger partial charge in [-0.05, 0) is 42.1 Å². The van der Waals surface area contributed by atoms with Crippen molar-refractivity contribution in [1.82, 2.24) is 0 Å². The van der Waals surface area contributed by atoms with Gasteiger partial charge in [0, 0.05) is 9.58 Å². The lowest BCUT2D eigenvalue weighted by molar-refractivity contribution is 0.106. The Kier molecular flexibility index (Phi) is 2.88. The first-order chi connectivity index (χ1) is 9.07. The maximum Gasteiger partial charge on any atom is 0.123 e. The number of hydrogen-bond donors (Lipinski definition) is 1. The molecule has 96 valence electrons. The number of benzene rings is 2. The Bertz CT molecular complexity index is 680. The smallest absolute Gasteiger partial charge is 0.123 e. The van der Waals surface area contributed by atoms with E-state index in [1.165, 1.54) is 12.1 Å². The molecule has 1 heterocycles. The van der Waals surface area contributed by atoms with Crippen molar-refractivity contribution in [3.05, 3.63) is 70.9 Å². The Labute approximate surface area is 115 Å². The number of rotatable bonds is 2. The summed E-state index contributed by atoms with van der Waals surface area (Å²) in [5.74, 6) is -0.295. The van der Waals surface area contributed by atoms with Crippen molar-refractivity contribution < 1.29 is 9.50 Å². The summed E-state index contributed by atoms with van der Waals surface area (Å²) in [4.78, 5) is 0.861. The monoisotopic (exact) mass is 272 g/mol. The highest BCUT2D eigenvalue weighted by atomic mass is 32.1. The third-order valence-corrected chi connectivity index (χ3v) is 4.64. The zero-order valence-corrected chi connectivity index (χ0v) is 11.2. The van der Waals surface area contributed by atoms with E-state index in [1.807, 2.05) is 30.3 Å². The molecule has 0 saturated heterocycles. The van der Waals surface area contributed by atoms with Crippen LogP contribution in [0.3, 0.4) is 0 Å². The molecule has 0 aliphatic heterocycles. The van der Waals surface area contributed by atoms with Crippen LogP contribution >= 0.6 is 11.3 Å². The molecule has 3 aromatic rings. The maximum absolute atomic E-state index is 13.0. The first-order valence-electron chi connectivity index (χ1n) is 6.05. The predicted octanol–water partition coefficient (Wildman–Crippen LogP) is 4.30. The average molecular weight is 272 g/mol. The van der Waals surface area contributed by atoms with Gasteiger partial charge in [0.05, 0.1) is 0 Å². The van der Waals surface area contributed by atoms with Gasteiger partial charge in [-0.3, -0.25) is 0 Å². The van der Waals surface area contributed by atoms with E-state index in [-0.39, 0.29) is 5.82 Å². The Hall–Kier alpha value is -1.71. The van der Waals surface area contributed by atoms with Crippen LogP contribution in [0.1, 0.15) is 17.4 Å². The molecule has 1 N–H and O–H groups in total. The van der Waals surface area contributed by atoms with Crippen LogP contribution in [-0.4, -0.2) is 5.11 Å². The van der Waals surface area contributed by atoms with E-state index in [4.69, 9.17) is 0 Å². The first-order valence-corrected chi connectivity index (χ1v) is 6.86. The lowest BCUT2D eigenvalue weighted by atomic mass is 9.94. The second-order valence-corrected chi connectivity index (χ2v) is 5.81. The summed E-state index contributed by atoms with van der Waals surface area (Å²) in [5, 5.41) is 11.9. The minimum atomic E-state index is -1.10. The first kappa shape index (κ1) is 12.3. The molecule has 0 aliphatic rings. The van der Waals surface area contributed by atoms with E-state index < -0.39 is 5.60 Å². The number of thiophene rings is 1. The Morgan fingerprint density at radius 1 is 1.05 bits per heavy atom. The molecule has 0 amide bonds. The molecule has 1 unspecified atom stereocenters. The molecule has 1 nitrogen and oxygen atoms in total. The van der Waals surface area contributed by atoms with Crippen LogP contribution in [0.15, 0.2) is 54.6 Å². The Morgan fingerprint density at radius 3 is 2.42 bits per heavy atom. The number of halogens is 1. The summed E-state index contributed by atoms with van der Waals surface area (Å²) in [6, 6.07) is 16.0. The molecule has 0 saturated carbocycles. The molecule has 0 aliphatic carbocycles. The summed E-state index contributed by atoms with van der Waals surface area (Å²) >= 11 is 1.56. The van der Waals surface area contributed by atoms with Gasteiger partial charge in [-0.1, -0.05) is 30.3 Å². The van der Waals surface area contributed by atoms with Crippen molar-refractivity contribution in [2.24, 2.45) is 0 Å². The van der Waals surface area contributed by atoms with Crippen molar-refractivity contribution in [2.75, 3.05) is 0 Å². The van der Waals surface area contributed by atoms with Crippen molar-refractivity contribution in [1.29, 1.82) is 0 Å². The molecule has 0 spiro atoms. The second-order valence-electron chi connectivity index (χ2n) is 4.73. The van der Waals surface area contributed by atoms with E-state index in [0.717, 1.165) is 15.0 Å². The van der Waals surface area contributed by atoms with E-state index in [0.29, 0.717) is 5.56 Å². The number of hydrogen-bond acceptors (Lipinski definition) is 2. The van der Waals surface area contributed by atoms with E-state index in [1.54, 1.807) is 30.4 Å². The highest BCUT2D eigenvalue weighted by molar-refractivity contribution is 7.19. The van der Waals surface area contributed by atoms with Crippen LogP contribution in [0.5, 0.6) is 0 Å². The minimum absolute atomic E-state index is 0.295.